The van der Waals surface area contributed by atoms with Crippen molar-refractivity contribution >= 4 is 11.8 Å². The second kappa shape index (κ2) is 7.99. The van der Waals surface area contributed by atoms with Crippen molar-refractivity contribution in [2.45, 2.75) is 30.3 Å². The highest BCUT2D eigenvalue weighted by atomic mass is 32.2. The quantitative estimate of drug-likeness (QED) is 0.747. The number of benzene rings is 1. The minimum absolute atomic E-state index is 0.468. The van der Waals surface area contributed by atoms with E-state index in [2.05, 4.69) is 40.4 Å². The van der Waals surface area contributed by atoms with Crippen LogP contribution >= 0.6 is 11.8 Å². The van der Waals surface area contributed by atoms with Gasteiger partial charge in [-0.3, -0.25) is 0 Å². The number of methoxy groups -OCH3 is 1. The highest BCUT2D eigenvalue weighted by Gasteiger charge is 2.40. The van der Waals surface area contributed by atoms with Crippen LogP contribution in [0.2, 0.25) is 0 Å². The zero-order valence-corrected chi connectivity index (χ0v) is 16.2. The van der Waals surface area contributed by atoms with Crippen LogP contribution in [-0.2, 0) is 17.7 Å². The summed E-state index contributed by atoms with van der Waals surface area (Å²) in [6.45, 7) is 0.997. The number of aromatic nitrogens is 1. The summed E-state index contributed by atoms with van der Waals surface area (Å²) in [6.07, 6.45) is 5.23. The van der Waals surface area contributed by atoms with Crippen LogP contribution in [0.15, 0.2) is 47.6 Å². The molecule has 1 aliphatic heterocycles. The number of thioether (sulfide) groups is 1. The van der Waals surface area contributed by atoms with Gasteiger partial charge in [0.15, 0.2) is 0 Å². The van der Waals surface area contributed by atoms with Gasteiger partial charge in [-0.05, 0) is 60.4 Å². The largest absolute Gasteiger partial charge is 0.496 e. The van der Waals surface area contributed by atoms with E-state index >= 15 is 0 Å². The average molecular weight is 371 g/mol. The summed E-state index contributed by atoms with van der Waals surface area (Å²) in [6, 6.07) is 13.0. The van der Waals surface area contributed by atoms with E-state index in [-0.39, 0.29) is 0 Å². The molecule has 3 atom stereocenters. The zero-order valence-electron chi connectivity index (χ0n) is 15.4. The maximum Gasteiger partial charge on any atom is 0.122 e. The summed E-state index contributed by atoms with van der Waals surface area (Å²) in [7, 11) is 3.59. The van der Waals surface area contributed by atoms with Crippen LogP contribution in [0.25, 0.3) is 0 Å². The summed E-state index contributed by atoms with van der Waals surface area (Å²) in [5.74, 6) is 3.34. The summed E-state index contributed by atoms with van der Waals surface area (Å²) in [5, 5.41) is 3.33. The molecule has 2 aliphatic rings. The summed E-state index contributed by atoms with van der Waals surface area (Å²) in [5.41, 5.74) is 2.80. The van der Waals surface area contributed by atoms with E-state index in [4.69, 9.17) is 9.57 Å². The number of fused-ring (bicyclic) bond motifs is 2. The van der Waals surface area contributed by atoms with Crippen molar-refractivity contribution in [1.82, 2.24) is 10.0 Å². The lowest BCUT2D eigenvalue weighted by molar-refractivity contribution is -0.199. The molecule has 0 bridgehead atoms. The maximum absolute atomic E-state index is 5.79. The van der Waals surface area contributed by atoms with Gasteiger partial charge in [0.25, 0.3) is 0 Å². The third kappa shape index (κ3) is 3.61. The molecule has 0 radical (unpaired) electrons. The van der Waals surface area contributed by atoms with Crippen molar-refractivity contribution in [2.75, 3.05) is 26.5 Å². The fourth-order valence-corrected chi connectivity index (χ4v) is 5.41. The van der Waals surface area contributed by atoms with Crippen LogP contribution in [0.4, 0.5) is 0 Å². The molecule has 3 unspecified atom stereocenters. The number of rotatable bonds is 5. The molecule has 138 valence electrons. The Morgan fingerprint density at radius 2 is 2.08 bits per heavy atom. The van der Waals surface area contributed by atoms with Crippen LogP contribution in [-0.4, -0.2) is 42.6 Å². The van der Waals surface area contributed by atoms with Gasteiger partial charge < -0.3 is 9.57 Å². The van der Waals surface area contributed by atoms with Gasteiger partial charge in [0.05, 0.1) is 19.2 Å². The predicted molar refractivity (Wildman–Crippen MR) is 104 cm³/mol. The van der Waals surface area contributed by atoms with Gasteiger partial charge in [0.2, 0.25) is 0 Å². The predicted octanol–water partition coefficient (Wildman–Crippen LogP) is 3.85. The molecule has 4 nitrogen and oxygen atoms in total. The molecule has 0 amide bonds. The fourth-order valence-electron chi connectivity index (χ4n) is 4.45. The number of pyridine rings is 1. The Morgan fingerprint density at radius 1 is 1.15 bits per heavy atom. The van der Waals surface area contributed by atoms with Gasteiger partial charge in [0, 0.05) is 24.5 Å². The van der Waals surface area contributed by atoms with Gasteiger partial charge >= 0.3 is 0 Å². The molecule has 4 rings (SSSR count). The first-order valence-corrected chi connectivity index (χ1v) is 10.3. The smallest absolute Gasteiger partial charge is 0.122 e. The molecule has 0 spiro atoms. The van der Waals surface area contributed by atoms with Crippen molar-refractivity contribution < 1.29 is 9.57 Å². The monoisotopic (exact) mass is 370 g/mol. The van der Waals surface area contributed by atoms with Crippen LogP contribution in [0.1, 0.15) is 17.5 Å². The Hall–Kier alpha value is -1.56. The van der Waals surface area contributed by atoms with E-state index in [0.29, 0.717) is 17.9 Å². The molecule has 0 saturated carbocycles. The molecule has 2 aromatic rings. The molecule has 1 aromatic carbocycles. The Balaban J connectivity index is 1.49. The normalized spacial score (nSPS) is 25.4. The van der Waals surface area contributed by atoms with E-state index in [0.717, 1.165) is 35.9 Å². The topological polar surface area (TPSA) is 34.6 Å². The van der Waals surface area contributed by atoms with Crippen LogP contribution in [0, 0.1) is 11.8 Å². The number of hydrogen-bond donors (Lipinski definition) is 0. The lowest BCUT2D eigenvalue weighted by Gasteiger charge is -2.46. The minimum Gasteiger partial charge on any atom is -0.496 e. The third-order valence-corrected chi connectivity index (χ3v) is 6.85. The molecule has 1 aromatic heterocycles. The average Bonchev–Trinajstić information content (AvgIpc) is 2.70. The number of ether oxygens (including phenoxy) is 1. The van der Waals surface area contributed by atoms with Crippen molar-refractivity contribution in [3.63, 3.8) is 0 Å². The van der Waals surface area contributed by atoms with E-state index in [1.165, 1.54) is 17.5 Å². The first kappa shape index (κ1) is 17.8. The van der Waals surface area contributed by atoms with E-state index in [1.807, 2.05) is 31.1 Å². The first-order valence-electron chi connectivity index (χ1n) is 9.27. The lowest BCUT2D eigenvalue weighted by Crippen LogP contribution is -2.52. The first-order chi connectivity index (χ1) is 12.8. The fraction of sp³-hybridized carbons (Fsp3) is 0.476. The number of piperidine rings is 1. The summed E-state index contributed by atoms with van der Waals surface area (Å²) < 4.78 is 5.62. The van der Waals surface area contributed by atoms with Crippen molar-refractivity contribution in [3.05, 3.63) is 53.7 Å². The molecule has 1 saturated heterocycles. The van der Waals surface area contributed by atoms with Crippen molar-refractivity contribution in [3.8, 4) is 5.75 Å². The Bertz CT molecular complexity index is 740. The molecule has 1 fully saturated rings. The van der Waals surface area contributed by atoms with Crippen LogP contribution in [0.5, 0.6) is 5.75 Å². The van der Waals surface area contributed by atoms with Crippen LogP contribution < -0.4 is 4.74 Å². The van der Waals surface area contributed by atoms with Gasteiger partial charge in [0.1, 0.15) is 5.75 Å². The SMILES string of the molecule is COc1cccc2c1CC1CC(CSc3ccccn3)CN(OC)C1C2. The summed E-state index contributed by atoms with van der Waals surface area (Å²) in [4.78, 5) is 10.2. The van der Waals surface area contributed by atoms with Crippen LogP contribution in [0.3, 0.4) is 0 Å². The summed E-state index contributed by atoms with van der Waals surface area (Å²) >= 11 is 1.85. The third-order valence-electron chi connectivity index (χ3n) is 5.67. The molecule has 2 heterocycles. The second-order valence-electron chi connectivity index (χ2n) is 7.20. The molecule has 26 heavy (non-hydrogen) atoms. The molecule has 0 N–H and O–H groups in total. The Labute approximate surface area is 159 Å². The minimum atomic E-state index is 0.468. The van der Waals surface area contributed by atoms with Gasteiger partial charge in [-0.2, -0.15) is 5.06 Å². The molecular weight excluding hydrogens is 344 g/mol. The highest BCUT2D eigenvalue weighted by molar-refractivity contribution is 7.99. The zero-order chi connectivity index (χ0) is 17.9. The number of hydroxylamine groups is 2. The highest BCUT2D eigenvalue weighted by Crippen LogP contribution is 2.41. The Morgan fingerprint density at radius 3 is 2.85 bits per heavy atom. The van der Waals surface area contributed by atoms with Gasteiger partial charge in [-0.25, -0.2) is 4.98 Å². The number of nitrogens with zero attached hydrogens (tertiary/aromatic N) is 2. The standard InChI is InChI=1S/C21H26N2O2S/c1-24-20-7-5-6-16-12-19-17(11-18(16)20)10-15(13-23(19)25-2)14-26-21-8-3-4-9-22-21/h3-9,15,17,19H,10-14H2,1-2H3. The van der Waals surface area contributed by atoms with Crippen molar-refractivity contribution in [1.29, 1.82) is 0 Å². The van der Waals surface area contributed by atoms with Gasteiger partial charge in [-0.1, -0.05) is 18.2 Å². The molecular formula is C21H26N2O2S. The molecule has 1 aliphatic carbocycles. The van der Waals surface area contributed by atoms with E-state index in [9.17, 15) is 0 Å². The second-order valence-corrected chi connectivity index (χ2v) is 8.24. The number of hydrogen-bond acceptors (Lipinski definition) is 5. The molecule has 5 heteroatoms. The van der Waals surface area contributed by atoms with E-state index in [1.54, 1.807) is 7.11 Å². The Kier molecular flexibility index (Phi) is 5.48. The lowest BCUT2D eigenvalue weighted by atomic mass is 9.73. The van der Waals surface area contributed by atoms with Crippen molar-refractivity contribution in [2.24, 2.45) is 11.8 Å². The maximum atomic E-state index is 5.79. The van der Waals surface area contributed by atoms with E-state index < -0.39 is 0 Å². The van der Waals surface area contributed by atoms with Gasteiger partial charge in [-0.15, -0.1) is 11.8 Å².